The van der Waals surface area contributed by atoms with Gasteiger partial charge in [-0.1, -0.05) is 60.7 Å². The summed E-state index contributed by atoms with van der Waals surface area (Å²) in [5.74, 6) is -2.22. The van der Waals surface area contributed by atoms with Crippen molar-refractivity contribution in [1.29, 1.82) is 0 Å². The number of unbranched alkanes of at least 4 members (excludes halogenated alkanes) is 1. The molecule has 2 aromatic carbocycles. The Morgan fingerprint density at radius 3 is 1.93 bits per heavy atom. The van der Waals surface area contributed by atoms with Gasteiger partial charge in [0, 0.05) is 13.0 Å². The van der Waals surface area contributed by atoms with Crippen molar-refractivity contribution in [1.82, 2.24) is 16.0 Å². The highest BCUT2D eigenvalue weighted by Gasteiger charge is 2.29. The Bertz CT molecular complexity index is 1140. The maximum atomic E-state index is 13.4. The number of carbonyl (C=O) groups is 4. The van der Waals surface area contributed by atoms with Crippen LogP contribution in [0.25, 0.3) is 0 Å². The third kappa shape index (κ3) is 12.5. The summed E-state index contributed by atoms with van der Waals surface area (Å²) in [5.41, 5.74) is 23.5. The van der Waals surface area contributed by atoms with Crippen LogP contribution in [0.2, 0.25) is 0 Å². The average molecular weight is 567 g/mol. The number of hydrogen-bond acceptors (Lipinski definition) is 6. The van der Waals surface area contributed by atoms with Gasteiger partial charge in [-0.15, -0.1) is 0 Å². The van der Waals surface area contributed by atoms with E-state index in [-0.39, 0.29) is 37.7 Å². The van der Waals surface area contributed by atoms with E-state index in [1.165, 1.54) is 0 Å². The molecule has 0 saturated heterocycles. The van der Waals surface area contributed by atoms with Crippen LogP contribution in [-0.2, 0) is 25.6 Å². The smallest absolute Gasteiger partial charge is 0.244 e. The first-order valence-electron chi connectivity index (χ1n) is 13.7. The molecule has 12 nitrogen and oxygen atoms in total. The van der Waals surface area contributed by atoms with Gasteiger partial charge in [-0.3, -0.25) is 24.2 Å². The molecule has 0 aliphatic rings. The number of guanidine groups is 1. The number of nitrogens with one attached hydrogen (secondary N) is 3. The molecule has 2 rings (SSSR count). The second kappa shape index (κ2) is 18.0. The fourth-order valence-corrected chi connectivity index (χ4v) is 4.18. The zero-order chi connectivity index (χ0) is 30.0. The zero-order valence-corrected chi connectivity index (χ0v) is 23.3. The normalized spacial score (nSPS) is 12.8. The van der Waals surface area contributed by atoms with Gasteiger partial charge >= 0.3 is 0 Å². The predicted molar refractivity (Wildman–Crippen MR) is 158 cm³/mol. The molecule has 0 spiro atoms. The minimum absolute atomic E-state index is 0.0723. The van der Waals surface area contributed by atoms with Crippen molar-refractivity contribution < 1.29 is 19.2 Å². The van der Waals surface area contributed by atoms with E-state index < -0.39 is 35.8 Å². The van der Waals surface area contributed by atoms with Crippen molar-refractivity contribution in [2.24, 2.45) is 27.9 Å². The molecule has 222 valence electrons. The molecule has 0 aromatic heterocycles. The Morgan fingerprint density at radius 2 is 1.32 bits per heavy atom. The quantitative estimate of drug-likeness (QED) is 0.0749. The lowest BCUT2D eigenvalue weighted by atomic mass is 10.0. The highest BCUT2D eigenvalue weighted by atomic mass is 16.2. The molecule has 0 aliphatic carbocycles. The Balaban J connectivity index is 2.14. The third-order valence-electron chi connectivity index (χ3n) is 6.36. The van der Waals surface area contributed by atoms with Crippen molar-refractivity contribution in [3.8, 4) is 0 Å². The molecule has 11 N–H and O–H groups in total. The predicted octanol–water partition coefficient (Wildman–Crippen LogP) is 0.114. The molecule has 0 bridgehead atoms. The van der Waals surface area contributed by atoms with Crippen LogP contribution < -0.4 is 38.9 Å². The number of carbonyl (C=O) groups excluding carboxylic acids is 4. The molecular weight excluding hydrogens is 524 g/mol. The molecular formula is C29H42N8O4. The fraction of sp³-hybridized carbons (Fsp3) is 0.414. The van der Waals surface area contributed by atoms with Crippen LogP contribution in [0, 0.1) is 0 Å². The SMILES string of the molecule is NCCCC[C@H](NC(=O)[C@H](CCCN=C(N)N)NC(=O)CCc1ccccc1)C(=O)N[C@H](C(N)=O)c1ccccc1. The third-order valence-corrected chi connectivity index (χ3v) is 6.36. The van der Waals surface area contributed by atoms with Gasteiger partial charge in [0.1, 0.15) is 18.1 Å². The summed E-state index contributed by atoms with van der Waals surface area (Å²) in [5, 5.41) is 8.20. The summed E-state index contributed by atoms with van der Waals surface area (Å²) in [6.07, 6.45) is 2.81. The van der Waals surface area contributed by atoms with Gasteiger partial charge in [0.25, 0.3) is 0 Å². The molecule has 2 aromatic rings. The molecule has 0 unspecified atom stereocenters. The minimum Gasteiger partial charge on any atom is -0.370 e. The van der Waals surface area contributed by atoms with E-state index in [0.717, 1.165) is 5.56 Å². The molecule has 4 amide bonds. The number of rotatable bonds is 18. The number of aliphatic imine (C=N–C) groups is 1. The summed E-state index contributed by atoms with van der Waals surface area (Å²) in [4.78, 5) is 55.6. The van der Waals surface area contributed by atoms with Crippen molar-refractivity contribution in [2.45, 2.75) is 63.1 Å². The molecule has 0 fully saturated rings. The van der Waals surface area contributed by atoms with Gasteiger partial charge in [-0.25, -0.2) is 0 Å². The highest BCUT2D eigenvalue weighted by Crippen LogP contribution is 2.13. The fourth-order valence-electron chi connectivity index (χ4n) is 4.18. The zero-order valence-electron chi connectivity index (χ0n) is 23.3. The van der Waals surface area contributed by atoms with Crippen molar-refractivity contribution in [3.63, 3.8) is 0 Å². The van der Waals surface area contributed by atoms with E-state index in [2.05, 4.69) is 20.9 Å². The number of nitrogens with two attached hydrogens (primary N) is 4. The van der Waals surface area contributed by atoms with Crippen LogP contribution in [0.15, 0.2) is 65.7 Å². The molecule has 12 heteroatoms. The Labute approximate surface area is 240 Å². The van der Waals surface area contributed by atoms with E-state index in [4.69, 9.17) is 22.9 Å². The molecule has 0 radical (unpaired) electrons. The number of amides is 4. The molecule has 0 aliphatic heterocycles. The van der Waals surface area contributed by atoms with Gasteiger partial charge in [-0.2, -0.15) is 0 Å². The van der Waals surface area contributed by atoms with Crippen LogP contribution in [0.4, 0.5) is 0 Å². The monoisotopic (exact) mass is 566 g/mol. The molecule has 0 heterocycles. The number of benzene rings is 2. The van der Waals surface area contributed by atoms with Crippen LogP contribution in [0.5, 0.6) is 0 Å². The summed E-state index contributed by atoms with van der Waals surface area (Å²) >= 11 is 0. The summed E-state index contributed by atoms with van der Waals surface area (Å²) < 4.78 is 0. The van der Waals surface area contributed by atoms with Crippen LogP contribution in [0.1, 0.15) is 55.7 Å². The van der Waals surface area contributed by atoms with Gasteiger partial charge in [0.05, 0.1) is 0 Å². The lowest BCUT2D eigenvalue weighted by Crippen LogP contribution is -2.54. The van der Waals surface area contributed by atoms with E-state index >= 15 is 0 Å². The first kappa shape index (κ1) is 32.8. The van der Waals surface area contributed by atoms with Crippen molar-refractivity contribution >= 4 is 29.6 Å². The first-order valence-corrected chi connectivity index (χ1v) is 13.7. The summed E-state index contributed by atoms with van der Waals surface area (Å²) in [7, 11) is 0. The lowest BCUT2D eigenvalue weighted by Gasteiger charge is -2.25. The Morgan fingerprint density at radius 1 is 0.732 bits per heavy atom. The minimum atomic E-state index is -1.08. The van der Waals surface area contributed by atoms with Gasteiger partial charge in [0.2, 0.25) is 23.6 Å². The average Bonchev–Trinajstić information content (AvgIpc) is 2.96. The van der Waals surface area contributed by atoms with Crippen LogP contribution in [0.3, 0.4) is 0 Å². The van der Waals surface area contributed by atoms with E-state index in [0.29, 0.717) is 37.8 Å². The van der Waals surface area contributed by atoms with Gasteiger partial charge in [0.15, 0.2) is 5.96 Å². The van der Waals surface area contributed by atoms with Crippen LogP contribution in [-0.4, -0.2) is 54.8 Å². The second-order valence-electron chi connectivity index (χ2n) is 9.65. The lowest BCUT2D eigenvalue weighted by molar-refractivity contribution is -0.133. The summed E-state index contributed by atoms with van der Waals surface area (Å²) in [6.45, 7) is 0.685. The number of hydrogen-bond donors (Lipinski definition) is 7. The highest BCUT2D eigenvalue weighted by molar-refractivity contribution is 5.94. The van der Waals surface area contributed by atoms with Crippen molar-refractivity contribution in [3.05, 3.63) is 71.8 Å². The second-order valence-corrected chi connectivity index (χ2v) is 9.65. The number of aryl methyl sites for hydroxylation is 1. The summed E-state index contributed by atoms with van der Waals surface area (Å²) in [6, 6.07) is 15.1. The van der Waals surface area contributed by atoms with E-state index in [1.807, 2.05) is 30.3 Å². The first-order chi connectivity index (χ1) is 19.7. The number of nitrogens with zero attached hydrogens (tertiary/aromatic N) is 1. The number of primary amides is 1. The van der Waals surface area contributed by atoms with Gasteiger partial charge in [-0.05, 0) is 56.2 Å². The molecule has 0 saturated carbocycles. The maximum Gasteiger partial charge on any atom is 0.244 e. The largest absolute Gasteiger partial charge is 0.370 e. The molecule has 41 heavy (non-hydrogen) atoms. The Kier molecular flexibility index (Phi) is 14.4. The van der Waals surface area contributed by atoms with Crippen LogP contribution >= 0.6 is 0 Å². The maximum absolute atomic E-state index is 13.4. The van der Waals surface area contributed by atoms with E-state index in [9.17, 15) is 19.2 Å². The Hall–Kier alpha value is -4.45. The van der Waals surface area contributed by atoms with Gasteiger partial charge < -0.3 is 38.9 Å². The van der Waals surface area contributed by atoms with Crippen molar-refractivity contribution in [2.75, 3.05) is 13.1 Å². The van der Waals surface area contributed by atoms with E-state index in [1.54, 1.807) is 30.3 Å². The standard InChI is InChI=1S/C29H42N8O4/c30-18-8-7-14-23(28(41)37-25(26(31)39)21-12-5-2-6-13-21)36-27(40)22(15-9-19-34-29(32)33)35-24(38)17-16-20-10-3-1-4-11-20/h1-6,10-13,22-23,25H,7-9,14-19,30H2,(H2,31,39)(H,35,38)(H,36,40)(H,37,41)(H4,32,33,34)/t22-,23-,25-/m0/s1. The molecule has 3 atom stereocenters. The topological polar surface area (TPSA) is 221 Å².